The molecule has 0 saturated carbocycles. The number of H-pyrrole nitrogens is 1. The molecule has 0 bridgehead atoms. The molecule has 2 aromatic rings. The molecule has 1 atom stereocenters. The predicted octanol–water partition coefficient (Wildman–Crippen LogP) is 0.989. The standard InChI is InChI=1S/C17H22N6O2/c1-22(2)15-8-11(5-6-19-15)17(25)23-7-3-4-12(10-23)13-9-14(16(18)24)21-20-13/h5-6,8-9,12H,3-4,7,10H2,1-2H3,(H2,18,24)(H,20,21)/t12-/m1/s1. The zero-order valence-electron chi connectivity index (χ0n) is 14.4. The number of aromatic nitrogens is 3. The smallest absolute Gasteiger partial charge is 0.269 e. The average Bonchev–Trinajstić information content (AvgIpc) is 3.12. The van der Waals surface area contributed by atoms with E-state index in [0.29, 0.717) is 18.7 Å². The fourth-order valence-electron chi connectivity index (χ4n) is 3.07. The van der Waals surface area contributed by atoms with Crippen molar-refractivity contribution in [2.24, 2.45) is 5.73 Å². The molecule has 3 N–H and O–H groups in total. The first-order valence-corrected chi connectivity index (χ1v) is 8.23. The van der Waals surface area contributed by atoms with Gasteiger partial charge < -0.3 is 15.5 Å². The van der Waals surface area contributed by atoms with Gasteiger partial charge in [0, 0.05) is 50.6 Å². The summed E-state index contributed by atoms with van der Waals surface area (Å²) in [6.45, 7) is 1.30. The van der Waals surface area contributed by atoms with Gasteiger partial charge in [0.15, 0.2) is 0 Å². The Morgan fingerprint density at radius 2 is 2.16 bits per heavy atom. The maximum Gasteiger partial charge on any atom is 0.269 e. The summed E-state index contributed by atoms with van der Waals surface area (Å²) in [6.07, 6.45) is 3.48. The van der Waals surface area contributed by atoms with Gasteiger partial charge in [-0.15, -0.1) is 0 Å². The van der Waals surface area contributed by atoms with Gasteiger partial charge >= 0.3 is 0 Å². The van der Waals surface area contributed by atoms with Gasteiger partial charge in [-0.2, -0.15) is 5.10 Å². The second-order valence-electron chi connectivity index (χ2n) is 6.46. The molecule has 0 spiro atoms. The van der Waals surface area contributed by atoms with Gasteiger partial charge in [0.05, 0.1) is 0 Å². The van der Waals surface area contributed by atoms with Crippen molar-refractivity contribution in [1.82, 2.24) is 20.1 Å². The zero-order chi connectivity index (χ0) is 18.0. The summed E-state index contributed by atoms with van der Waals surface area (Å²) in [4.78, 5) is 32.0. The first-order chi connectivity index (χ1) is 12.0. The third-order valence-electron chi connectivity index (χ3n) is 4.45. The van der Waals surface area contributed by atoms with Crippen molar-refractivity contribution >= 4 is 17.6 Å². The van der Waals surface area contributed by atoms with E-state index in [2.05, 4.69) is 15.2 Å². The van der Waals surface area contributed by atoms with Crippen LogP contribution in [0.15, 0.2) is 24.4 Å². The van der Waals surface area contributed by atoms with Crippen molar-refractivity contribution in [3.63, 3.8) is 0 Å². The van der Waals surface area contributed by atoms with Crippen molar-refractivity contribution in [2.45, 2.75) is 18.8 Å². The quantitative estimate of drug-likeness (QED) is 0.861. The van der Waals surface area contributed by atoms with E-state index in [1.54, 1.807) is 24.4 Å². The summed E-state index contributed by atoms with van der Waals surface area (Å²) >= 11 is 0. The number of piperidine rings is 1. The van der Waals surface area contributed by atoms with Crippen molar-refractivity contribution in [2.75, 3.05) is 32.1 Å². The molecule has 1 fully saturated rings. The van der Waals surface area contributed by atoms with Gasteiger partial charge in [-0.25, -0.2) is 4.98 Å². The fourth-order valence-corrected chi connectivity index (χ4v) is 3.07. The summed E-state index contributed by atoms with van der Waals surface area (Å²) < 4.78 is 0. The van der Waals surface area contributed by atoms with Gasteiger partial charge in [0.2, 0.25) is 0 Å². The number of primary amides is 1. The van der Waals surface area contributed by atoms with E-state index in [4.69, 9.17) is 5.73 Å². The topological polar surface area (TPSA) is 108 Å². The second-order valence-corrected chi connectivity index (χ2v) is 6.46. The molecule has 1 aliphatic heterocycles. The van der Waals surface area contributed by atoms with Crippen LogP contribution in [0.3, 0.4) is 0 Å². The lowest BCUT2D eigenvalue weighted by Gasteiger charge is -2.32. The lowest BCUT2D eigenvalue weighted by Crippen LogP contribution is -2.39. The van der Waals surface area contributed by atoms with Crippen LogP contribution in [0.5, 0.6) is 0 Å². The molecule has 3 rings (SSSR count). The third kappa shape index (κ3) is 3.62. The molecule has 0 aliphatic carbocycles. The molecule has 1 saturated heterocycles. The highest BCUT2D eigenvalue weighted by Gasteiger charge is 2.27. The van der Waals surface area contributed by atoms with Gasteiger partial charge in [-0.1, -0.05) is 0 Å². The number of rotatable bonds is 4. The number of carbonyl (C=O) groups excluding carboxylic acids is 2. The van der Waals surface area contributed by atoms with Gasteiger partial charge in [-0.3, -0.25) is 14.7 Å². The molecule has 1 aliphatic rings. The Kier molecular flexibility index (Phi) is 4.69. The van der Waals surface area contributed by atoms with Crippen LogP contribution < -0.4 is 10.6 Å². The number of nitrogens with zero attached hydrogens (tertiary/aromatic N) is 4. The van der Waals surface area contributed by atoms with Crippen LogP contribution in [0.2, 0.25) is 0 Å². The van der Waals surface area contributed by atoms with Gasteiger partial charge in [-0.05, 0) is 31.0 Å². The number of aromatic amines is 1. The monoisotopic (exact) mass is 342 g/mol. The predicted molar refractivity (Wildman–Crippen MR) is 93.5 cm³/mol. The maximum absolute atomic E-state index is 12.8. The summed E-state index contributed by atoms with van der Waals surface area (Å²) in [6, 6.07) is 5.21. The highest BCUT2D eigenvalue weighted by atomic mass is 16.2. The largest absolute Gasteiger partial charge is 0.364 e. The molecular weight excluding hydrogens is 320 g/mol. The number of anilines is 1. The number of nitrogens with one attached hydrogen (secondary N) is 1. The molecule has 0 aromatic carbocycles. The van der Waals surface area contributed by atoms with E-state index in [-0.39, 0.29) is 17.5 Å². The normalized spacial score (nSPS) is 17.4. The van der Waals surface area contributed by atoms with Gasteiger partial charge in [0.25, 0.3) is 11.8 Å². The van der Waals surface area contributed by atoms with E-state index in [0.717, 1.165) is 24.4 Å². The highest BCUT2D eigenvalue weighted by molar-refractivity contribution is 5.95. The summed E-state index contributed by atoms with van der Waals surface area (Å²) in [5.74, 6) is 0.302. The van der Waals surface area contributed by atoms with E-state index >= 15 is 0 Å². The molecule has 8 heteroatoms. The molecular formula is C17H22N6O2. The van der Waals surface area contributed by atoms with Crippen molar-refractivity contribution < 1.29 is 9.59 Å². The van der Waals surface area contributed by atoms with Gasteiger partial charge in [0.1, 0.15) is 11.5 Å². The Hall–Kier alpha value is -2.90. The molecule has 25 heavy (non-hydrogen) atoms. The molecule has 2 aromatic heterocycles. The van der Waals surface area contributed by atoms with Crippen molar-refractivity contribution in [1.29, 1.82) is 0 Å². The minimum Gasteiger partial charge on any atom is -0.364 e. The second kappa shape index (κ2) is 6.92. The van der Waals surface area contributed by atoms with Crippen LogP contribution in [0.1, 0.15) is 45.3 Å². The number of likely N-dealkylation sites (tertiary alicyclic amines) is 1. The number of pyridine rings is 1. The number of hydrogen-bond donors (Lipinski definition) is 2. The number of nitrogens with two attached hydrogens (primary N) is 1. The SMILES string of the molecule is CN(C)c1cc(C(=O)N2CCC[C@@H](c3cc(C(N)=O)n[nH]3)C2)ccn1. The van der Waals surface area contributed by atoms with Crippen LogP contribution in [-0.2, 0) is 0 Å². The minimum absolute atomic E-state index is 0.00941. The van der Waals surface area contributed by atoms with Crippen LogP contribution in [0.25, 0.3) is 0 Å². The lowest BCUT2D eigenvalue weighted by atomic mass is 9.94. The Labute approximate surface area is 146 Å². The highest BCUT2D eigenvalue weighted by Crippen LogP contribution is 2.27. The first-order valence-electron chi connectivity index (χ1n) is 8.23. The Morgan fingerprint density at radius 1 is 1.36 bits per heavy atom. The molecule has 3 heterocycles. The Morgan fingerprint density at radius 3 is 2.84 bits per heavy atom. The van der Waals surface area contributed by atoms with Crippen LogP contribution in [-0.4, -0.2) is 59.1 Å². The zero-order valence-corrected chi connectivity index (χ0v) is 14.4. The lowest BCUT2D eigenvalue weighted by molar-refractivity contribution is 0.0705. The minimum atomic E-state index is -0.556. The third-order valence-corrected chi connectivity index (χ3v) is 4.45. The Balaban J connectivity index is 1.75. The maximum atomic E-state index is 12.8. The van der Waals surface area contributed by atoms with E-state index in [1.807, 2.05) is 23.9 Å². The van der Waals surface area contributed by atoms with E-state index in [1.165, 1.54) is 0 Å². The number of carbonyl (C=O) groups is 2. The van der Waals surface area contributed by atoms with Crippen LogP contribution >= 0.6 is 0 Å². The molecule has 2 amide bonds. The molecule has 0 radical (unpaired) electrons. The first kappa shape index (κ1) is 16.9. The average molecular weight is 342 g/mol. The number of hydrogen-bond acceptors (Lipinski definition) is 5. The van der Waals surface area contributed by atoms with Crippen LogP contribution in [0.4, 0.5) is 5.82 Å². The summed E-state index contributed by atoms with van der Waals surface area (Å²) in [7, 11) is 3.78. The fraction of sp³-hybridized carbons (Fsp3) is 0.412. The summed E-state index contributed by atoms with van der Waals surface area (Å²) in [5.41, 5.74) is 6.95. The van der Waals surface area contributed by atoms with Crippen LogP contribution in [0, 0.1) is 0 Å². The summed E-state index contributed by atoms with van der Waals surface area (Å²) in [5, 5.41) is 6.81. The molecule has 132 valence electrons. The Bertz CT molecular complexity index is 785. The van der Waals surface area contributed by atoms with Crippen molar-refractivity contribution in [3.8, 4) is 0 Å². The molecule has 8 nitrogen and oxygen atoms in total. The van der Waals surface area contributed by atoms with E-state index in [9.17, 15) is 9.59 Å². The van der Waals surface area contributed by atoms with E-state index < -0.39 is 5.91 Å². The van der Waals surface area contributed by atoms with Crippen molar-refractivity contribution in [3.05, 3.63) is 41.3 Å². The molecule has 0 unspecified atom stereocenters. The number of amides is 2.